The van der Waals surface area contributed by atoms with Gasteiger partial charge in [0.2, 0.25) is 0 Å². The first-order valence-corrected chi connectivity index (χ1v) is 28.1. The molecule has 0 aromatic heterocycles. The SMILES string of the molecule is COc1ccc(COCC[C@H]2[C@@H](C)C(=O)[C@]3(CC(C[Si](c4ccccc4)(c4ccccc4)c4ccccc4)OC3=O)[C@@H]3CC(OC)(OC)CC(=O)[C@]23C(=O)OCC[Si](C)(C)C)cc1. The number of hydrogen-bond acceptors (Lipinski definition) is 10. The molecule has 1 saturated heterocycles. The second-order valence-electron chi connectivity index (χ2n) is 18.9. The van der Waals surface area contributed by atoms with Crippen LogP contribution in [0.2, 0.25) is 31.7 Å². The van der Waals surface area contributed by atoms with Crippen LogP contribution >= 0.6 is 0 Å². The van der Waals surface area contributed by atoms with Crippen molar-refractivity contribution in [2.45, 2.75) is 82.8 Å². The predicted octanol–water partition coefficient (Wildman–Crippen LogP) is 6.75. The van der Waals surface area contributed by atoms with Crippen LogP contribution in [-0.2, 0) is 49.5 Å². The van der Waals surface area contributed by atoms with Crippen molar-refractivity contribution in [1.82, 2.24) is 0 Å². The molecule has 0 radical (unpaired) electrons. The molecule has 2 saturated carbocycles. The highest BCUT2D eigenvalue weighted by Crippen LogP contribution is 2.66. The van der Waals surface area contributed by atoms with Gasteiger partial charge in [0, 0.05) is 53.6 Å². The van der Waals surface area contributed by atoms with E-state index in [2.05, 4.69) is 56.0 Å². The van der Waals surface area contributed by atoms with E-state index in [0.29, 0.717) is 12.1 Å². The minimum atomic E-state index is -3.00. The zero-order chi connectivity index (χ0) is 45.0. The number of rotatable bonds is 17. The Bertz CT molecular complexity index is 2130. The summed E-state index contributed by atoms with van der Waals surface area (Å²) >= 11 is 0. The third kappa shape index (κ3) is 8.52. The Labute approximate surface area is 374 Å². The largest absolute Gasteiger partial charge is 0.497 e. The van der Waals surface area contributed by atoms with Crippen LogP contribution in [0.15, 0.2) is 115 Å². The van der Waals surface area contributed by atoms with Gasteiger partial charge in [-0.25, -0.2) is 0 Å². The van der Waals surface area contributed by atoms with E-state index in [4.69, 9.17) is 28.4 Å². The number of esters is 2. The second kappa shape index (κ2) is 18.8. The first-order chi connectivity index (χ1) is 30.2. The van der Waals surface area contributed by atoms with Crippen molar-refractivity contribution >= 4 is 55.2 Å². The number of Topliss-reactive ketones (excluding diaryl/α,β-unsaturated/α-hetero) is 2. The summed E-state index contributed by atoms with van der Waals surface area (Å²) in [6.07, 6.45) is -0.881. The van der Waals surface area contributed by atoms with E-state index >= 15 is 19.2 Å². The van der Waals surface area contributed by atoms with Gasteiger partial charge < -0.3 is 28.4 Å². The molecule has 10 nitrogen and oxygen atoms in total. The van der Waals surface area contributed by atoms with E-state index < -0.39 is 74.3 Å². The number of ether oxygens (including phenoxy) is 6. The van der Waals surface area contributed by atoms with Gasteiger partial charge >= 0.3 is 11.9 Å². The summed E-state index contributed by atoms with van der Waals surface area (Å²) in [6, 6.07) is 39.6. The average Bonchev–Trinajstić information content (AvgIpc) is 3.63. The van der Waals surface area contributed by atoms with Crippen LogP contribution in [0.4, 0.5) is 0 Å². The predicted molar refractivity (Wildman–Crippen MR) is 247 cm³/mol. The molecule has 7 rings (SSSR count). The van der Waals surface area contributed by atoms with E-state index in [1.165, 1.54) is 14.2 Å². The molecule has 2 aliphatic carbocycles. The Balaban J connectivity index is 1.33. The first kappa shape index (κ1) is 46.3. The molecule has 6 atom stereocenters. The zero-order valence-electron chi connectivity index (χ0n) is 37.7. The van der Waals surface area contributed by atoms with Gasteiger partial charge in [0.1, 0.15) is 22.7 Å². The van der Waals surface area contributed by atoms with Crippen molar-refractivity contribution in [3.8, 4) is 5.75 Å². The fourth-order valence-electron chi connectivity index (χ4n) is 11.0. The average molecular weight is 891 g/mol. The van der Waals surface area contributed by atoms with Crippen LogP contribution in [0, 0.1) is 28.6 Å². The maximum atomic E-state index is 15.6. The maximum Gasteiger partial charge on any atom is 0.320 e. The molecule has 63 heavy (non-hydrogen) atoms. The lowest BCUT2D eigenvalue weighted by Gasteiger charge is -2.59. The van der Waals surface area contributed by atoms with Crippen LogP contribution in [0.1, 0.15) is 38.2 Å². The van der Waals surface area contributed by atoms with Crippen LogP contribution in [0.3, 0.4) is 0 Å². The zero-order valence-corrected chi connectivity index (χ0v) is 39.7. The molecule has 12 heteroatoms. The van der Waals surface area contributed by atoms with Crippen molar-refractivity contribution in [2.75, 3.05) is 34.5 Å². The third-order valence-corrected chi connectivity index (χ3v) is 21.0. The van der Waals surface area contributed by atoms with Crippen molar-refractivity contribution in [2.24, 2.45) is 28.6 Å². The lowest BCUT2D eigenvalue weighted by molar-refractivity contribution is -0.257. The van der Waals surface area contributed by atoms with Crippen LogP contribution < -0.4 is 20.3 Å². The first-order valence-electron chi connectivity index (χ1n) is 22.1. The quantitative estimate of drug-likeness (QED) is 0.0281. The van der Waals surface area contributed by atoms with Crippen LogP contribution in [0.25, 0.3) is 0 Å². The third-order valence-electron chi connectivity index (χ3n) is 14.3. The molecule has 1 heterocycles. The Kier molecular flexibility index (Phi) is 13.8. The van der Waals surface area contributed by atoms with Crippen LogP contribution in [0.5, 0.6) is 5.75 Å². The fourth-order valence-corrected chi connectivity index (χ4v) is 16.6. The molecule has 3 fully saturated rings. The number of methoxy groups -OCH3 is 3. The summed E-state index contributed by atoms with van der Waals surface area (Å²) < 4.78 is 36.3. The molecular formula is C51H62O10Si2. The number of hydrogen-bond donors (Lipinski definition) is 0. The number of carbonyl (C=O) groups excluding carboxylic acids is 4. The molecule has 4 aromatic rings. The monoisotopic (exact) mass is 890 g/mol. The minimum Gasteiger partial charge on any atom is -0.497 e. The van der Waals surface area contributed by atoms with E-state index in [-0.39, 0.29) is 51.3 Å². The van der Waals surface area contributed by atoms with Gasteiger partial charge in [-0.2, -0.15) is 0 Å². The van der Waals surface area contributed by atoms with Gasteiger partial charge in [-0.1, -0.05) is 130 Å². The number of ketones is 2. The van der Waals surface area contributed by atoms with Crippen LogP contribution in [-0.4, -0.2) is 86.1 Å². The highest BCUT2D eigenvalue weighted by Gasteiger charge is 2.78. The van der Waals surface area contributed by atoms with Crippen molar-refractivity contribution in [3.63, 3.8) is 0 Å². The molecular weight excluding hydrogens is 829 g/mol. The fraction of sp³-hybridized carbons (Fsp3) is 0.451. The van der Waals surface area contributed by atoms with Crippen molar-refractivity contribution < 1.29 is 47.6 Å². The van der Waals surface area contributed by atoms with Gasteiger partial charge in [-0.05, 0) is 57.7 Å². The molecule has 0 N–H and O–H groups in total. The smallest absolute Gasteiger partial charge is 0.320 e. The lowest BCUT2D eigenvalue weighted by Crippen LogP contribution is -2.71. The number of benzene rings is 4. The molecule has 1 aliphatic heterocycles. The Morgan fingerprint density at radius 1 is 0.746 bits per heavy atom. The lowest BCUT2D eigenvalue weighted by atomic mass is 9.41. The van der Waals surface area contributed by atoms with Crippen molar-refractivity contribution in [3.05, 3.63) is 121 Å². The summed E-state index contributed by atoms with van der Waals surface area (Å²) in [5.74, 6) is -5.91. The Hall–Kier alpha value is -4.73. The molecule has 3 aliphatic rings. The normalized spacial score (nSPS) is 25.7. The topological polar surface area (TPSA) is 124 Å². The van der Waals surface area contributed by atoms with E-state index in [9.17, 15) is 0 Å². The van der Waals surface area contributed by atoms with Gasteiger partial charge in [-0.15, -0.1) is 0 Å². The molecule has 4 aromatic carbocycles. The summed E-state index contributed by atoms with van der Waals surface area (Å²) in [7, 11) is -0.171. The highest BCUT2D eigenvalue weighted by atomic mass is 28.3. The summed E-state index contributed by atoms with van der Waals surface area (Å²) in [5.41, 5.74) is -2.84. The summed E-state index contributed by atoms with van der Waals surface area (Å²) in [4.78, 5) is 61.5. The molecule has 0 bridgehead atoms. The van der Waals surface area contributed by atoms with E-state index in [1.807, 2.05) is 78.9 Å². The van der Waals surface area contributed by atoms with E-state index in [1.54, 1.807) is 14.0 Å². The Morgan fingerprint density at radius 3 is 1.81 bits per heavy atom. The molecule has 1 spiro atoms. The highest BCUT2D eigenvalue weighted by molar-refractivity contribution is 7.11. The maximum absolute atomic E-state index is 15.6. The van der Waals surface area contributed by atoms with Gasteiger partial charge in [-0.3, -0.25) is 19.2 Å². The van der Waals surface area contributed by atoms with Gasteiger partial charge in [0.25, 0.3) is 0 Å². The minimum absolute atomic E-state index is 0.0116. The van der Waals surface area contributed by atoms with Crippen molar-refractivity contribution in [1.29, 1.82) is 0 Å². The molecule has 0 amide bonds. The molecule has 1 unspecified atom stereocenters. The van der Waals surface area contributed by atoms with Gasteiger partial charge in [0.15, 0.2) is 25.4 Å². The number of fused-ring (bicyclic) bond motifs is 2. The second-order valence-corrected chi connectivity index (χ2v) is 28.4. The number of cyclic esters (lactones) is 1. The summed E-state index contributed by atoms with van der Waals surface area (Å²) in [6.45, 7) is 8.87. The van der Waals surface area contributed by atoms with E-state index in [0.717, 1.165) is 26.9 Å². The standard InChI is InChI=1S/C51H62O10Si2/c1-36-43(27-28-59-34-37-23-25-38(56-2)26-24-37)51(48(55)60-29-30-62(5,6)7)44(32-49(57-3,58-4)33-45(51)52)50(46(36)53)31-39(61-47(50)54)35-63(40-17-11-8-12-18-40,41-19-13-9-14-20-41)42-21-15-10-16-22-42/h8-26,36,39,43-44H,27-35H2,1-7H3/t36-,39?,43+,44+,50+,51+/m1/s1. The Morgan fingerprint density at radius 2 is 1.30 bits per heavy atom. The van der Waals surface area contributed by atoms with Gasteiger partial charge in [0.05, 0.1) is 26.7 Å². The number of carbonyl (C=O) groups is 4. The molecule has 334 valence electrons. The summed E-state index contributed by atoms with van der Waals surface area (Å²) in [5, 5.41) is 3.38.